The summed E-state index contributed by atoms with van der Waals surface area (Å²) in [5, 5.41) is 30.1. The summed E-state index contributed by atoms with van der Waals surface area (Å²) < 4.78 is 0.551. The van der Waals surface area contributed by atoms with Crippen molar-refractivity contribution < 1.29 is 34.2 Å². The van der Waals surface area contributed by atoms with Gasteiger partial charge < -0.3 is 25.1 Å². The molecule has 0 unspecified atom stereocenters. The van der Waals surface area contributed by atoms with Gasteiger partial charge in [0.05, 0.1) is 32.8 Å². The van der Waals surface area contributed by atoms with E-state index in [-0.39, 0.29) is 25.4 Å². The molecule has 0 aromatic rings. The third-order valence-electron chi connectivity index (χ3n) is 5.00. The maximum atomic E-state index is 11.9. The Bertz CT molecular complexity index is 485. The van der Waals surface area contributed by atoms with E-state index < -0.39 is 11.9 Å². The number of carboxylic acid groups (broad SMARTS) is 2. The van der Waals surface area contributed by atoms with E-state index in [1.54, 1.807) is 6.08 Å². The number of nitrogens with zero attached hydrogens (tertiary/aromatic N) is 1. The predicted octanol–water partition coefficient (Wildman–Crippen LogP) is 2.17. The molecule has 1 amide bonds. The predicted molar refractivity (Wildman–Crippen MR) is 111 cm³/mol. The van der Waals surface area contributed by atoms with Crippen LogP contribution in [0.3, 0.4) is 0 Å². The Kier molecular flexibility index (Phi) is 15.8. The van der Waals surface area contributed by atoms with Gasteiger partial charge in [-0.3, -0.25) is 14.4 Å². The highest BCUT2D eigenvalue weighted by atomic mass is 16.4. The second-order valence-electron chi connectivity index (χ2n) is 7.50. The fourth-order valence-corrected chi connectivity index (χ4v) is 3.32. The van der Waals surface area contributed by atoms with Crippen LogP contribution in [0.4, 0.5) is 0 Å². The minimum absolute atomic E-state index is 0.0112. The number of hydrogen-bond acceptors (Lipinski definition) is 4. The number of aliphatic hydroxyl groups excluding tert-OH is 1. The van der Waals surface area contributed by atoms with Gasteiger partial charge in [0.2, 0.25) is 5.91 Å². The van der Waals surface area contributed by atoms with Crippen molar-refractivity contribution in [1.29, 1.82) is 0 Å². The van der Waals surface area contributed by atoms with Crippen molar-refractivity contribution in [2.45, 2.75) is 64.7 Å². The van der Waals surface area contributed by atoms with E-state index >= 15 is 0 Å². The molecule has 0 radical (unpaired) electrons. The number of allylic oxidation sites excluding steroid dienone is 1. The van der Waals surface area contributed by atoms with Gasteiger partial charge in [-0.25, -0.2) is 0 Å². The van der Waals surface area contributed by atoms with E-state index in [9.17, 15) is 19.5 Å². The lowest BCUT2D eigenvalue weighted by molar-refractivity contribution is -0.927. The second-order valence-corrected chi connectivity index (χ2v) is 7.50. The highest BCUT2D eigenvalue weighted by Gasteiger charge is 2.26. The van der Waals surface area contributed by atoms with Crippen LogP contribution in [0.2, 0.25) is 0 Å². The molecule has 0 aliphatic carbocycles. The highest BCUT2D eigenvalue weighted by molar-refractivity contribution is 5.87. The van der Waals surface area contributed by atoms with Crippen molar-refractivity contribution in [2.24, 2.45) is 0 Å². The zero-order valence-electron chi connectivity index (χ0n) is 17.8. The number of quaternary nitrogens is 1. The molecule has 0 bridgehead atoms. The summed E-state index contributed by atoms with van der Waals surface area (Å²) in [5.41, 5.74) is 0. The number of nitrogens with one attached hydrogen (secondary N) is 1. The van der Waals surface area contributed by atoms with Gasteiger partial charge in [0.25, 0.3) is 0 Å². The molecular weight excluding hydrogens is 376 g/mol. The molecule has 0 atom stereocenters. The van der Waals surface area contributed by atoms with Crippen molar-refractivity contribution in [1.82, 2.24) is 5.32 Å². The van der Waals surface area contributed by atoms with Crippen LogP contribution >= 0.6 is 0 Å². The Morgan fingerprint density at radius 1 is 0.862 bits per heavy atom. The van der Waals surface area contributed by atoms with Gasteiger partial charge in [0.1, 0.15) is 6.54 Å². The Balaban J connectivity index is 4.73. The SMILES string of the molecule is CCCC/C=C/C(=O)NCC[N+](CCO)(CCCCC(=O)O)CCCCC(=O)O. The van der Waals surface area contributed by atoms with Gasteiger partial charge in [-0.2, -0.15) is 0 Å². The number of carbonyl (C=O) groups is 3. The molecule has 0 fully saturated rings. The highest BCUT2D eigenvalue weighted by Crippen LogP contribution is 2.13. The summed E-state index contributed by atoms with van der Waals surface area (Å²) >= 11 is 0. The minimum atomic E-state index is -0.825. The summed E-state index contributed by atoms with van der Waals surface area (Å²) in [5.74, 6) is -1.79. The van der Waals surface area contributed by atoms with Crippen LogP contribution in [0.1, 0.15) is 64.7 Å². The van der Waals surface area contributed by atoms with Crippen LogP contribution in [0, 0.1) is 0 Å². The van der Waals surface area contributed by atoms with Crippen LogP contribution in [-0.2, 0) is 14.4 Å². The van der Waals surface area contributed by atoms with Crippen molar-refractivity contribution in [3.05, 3.63) is 12.2 Å². The third-order valence-corrected chi connectivity index (χ3v) is 5.00. The molecule has 0 spiro atoms. The van der Waals surface area contributed by atoms with Gasteiger partial charge in [-0.15, -0.1) is 0 Å². The van der Waals surface area contributed by atoms with Crippen LogP contribution in [0.5, 0.6) is 0 Å². The van der Waals surface area contributed by atoms with Gasteiger partial charge >= 0.3 is 11.9 Å². The molecule has 0 aromatic heterocycles. The average molecular weight is 416 g/mol. The first-order valence-corrected chi connectivity index (χ1v) is 10.7. The molecule has 0 rings (SSSR count). The molecule has 0 saturated heterocycles. The monoisotopic (exact) mass is 415 g/mol. The van der Waals surface area contributed by atoms with Gasteiger partial charge in [0.15, 0.2) is 0 Å². The molecule has 0 saturated carbocycles. The van der Waals surface area contributed by atoms with Gasteiger partial charge in [-0.1, -0.05) is 25.8 Å². The van der Waals surface area contributed by atoms with E-state index in [2.05, 4.69) is 12.2 Å². The fraction of sp³-hybridized carbons (Fsp3) is 0.762. The molecule has 4 N–H and O–H groups in total. The average Bonchev–Trinajstić information content (AvgIpc) is 2.66. The molecule has 8 nitrogen and oxygen atoms in total. The second kappa shape index (κ2) is 17.0. The summed E-state index contributed by atoms with van der Waals surface area (Å²) in [6, 6.07) is 0. The standard InChI is InChI=1S/C21H38N2O6/c1-2-3-4-5-10-19(25)22-13-16-23(17-18-24,14-8-6-11-20(26)27)15-9-7-12-21(28)29/h5,10,24H,2-4,6-9,11-18H2,1H3,(H2-,22,25,26,27,28,29)/p+1/b10-5+. The first-order chi connectivity index (χ1) is 13.8. The van der Waals surface area contributed by atoms with Crippen LogP contribution in [0.25, 0.3) is 0 Å². The normalized spacial score (nSPS) is 11.7. The summed E-state index contributed by atoms with van der Waals surface area (Å²) in [7, 11) is 0. The number of unbranched alkanes of at least 4 members (excludes halogenated alkanes) is 4. The van der Waals surface area contributed by atoms with E-state index in [0.29, 0.717) is 62.9 Å². The van der Waals surface area contributed by atoms with Gasteiger partial charge in [-0.05, 0) is 38.2 Å². The van der Waals surface area contributed by atoms with Crippen LogP contribution in [-0.4, -0.2) is 77.0 Å². The van der Waals surface area contributed by atoms with Crippen molar-refractivity contribution >= 4 is 17.8 Å². The number of rotatable bonds is 19. The molecule has 0 aliphatic rings. The largest absolute Gasteiger partial charge is 0.481 e. The Morgan fingerprint density at radius 3 is 1.93 bits per heavy atom. The molecule has 29 heavy (non-hydrogen) atoms. The lowest BCUT2D eigenvalue weighted by atomic mass is 10.1. The van der Waals surface area contributed by atoms with Crippen LogP contribution in [0.15, 0.2) is 12.2 Å². The van der Waals surface area contributed by atoms with Gasteiger partial charge in [0, 0.05) is 12.8 Å². The number of carbonyl (C=O) groups excluding carboxylic acids is 1. The molecular formula is C21H39N2O6+. The zero-order chi connectivity index (χ0) is 22.0. The van der Waals surface area contributed by atoms with Crippen molar-refractivity contribution in [2.75, 3.05) is 39.3 Å². The maximum absolute atomic E-state index is 11.9. The van der Waals surface area contributed by atoms with Crippen molar-refractivity contribution in [3.63, 3.8) is 0 Å². The number of hydrogen-bond donors (Lipinski definition) is 4. The third kappa shape index (κ3) is 15.6. The van der Waals surface area contributed by atoms with Crippen molar-refractivity contribution in [3.8, 4) is 0 Å². The minimum Gasteiger partial charge on any atom is -0.481 e. The lowest BCUT2D eigenvalue weighted by Crippen LogP contribution is -2.54. The lowest BCUT2D eigenvalue weighted by Gasteiger charge is -2.38. The molecule has 168 valence electrons. The molecule has 8 heteroatoms. The van der Waals surface area contributed by atoms with Crippen LogP contribution < -0.4 is 5.32 Å². The summed E-state index contributed by atoms with van der Waals surface area (Å²) in [4.78, 5) is 33.4. The van der Waals surface area contributed by atoms with E-state index in [1.807, 2.05) is 6.08 Å². The fourth-order valence-electron chi connectivity index (χ4n) is 3.32. The molecule has 0 aliphatic heterocycles. The number of amides is 1. The summed E-state index contributed by atoms with van der Waals surface area (Å²) in [6.07, 6.45) is 9.17. The summed E-state index contributed by atoms with van der Waals surface area (Å²) in [6.45, 7) is 5.06. The number of carboxylic acids is 2. The Labute approximate surface area is 174 Å². The number of aliphatic hydroxyl groups is 1. The Morgan fingerprint density at radius 2 is 1.45 bits per heavy atom. The zero-order valence-corrected chi connectivity index (χ0v) is 17.8. The first-order valence-electron chi connectivity index (χ1n) is 10.7. The Hall–Kier alpha value is -1.93. The smallest absolute Gasteiger partial charge is 0.303 e. The van der Waals surface area contributed by atoms with E-state index in [0.717, 1.165) is 19.3 Å². The molecule has 0 heterocycles. The molecule has 0 aromatic carbocycles. The van der Waals surface area contributed by atoms with E-state index in [4.69, 9.17) is 10.2 Å². The quantitative estimate of drug-likeness (QED) is 0.146. The van der Waals surface area contributed by atoms with E-state index in [1.165, 1.54) is 0 Å². The first kappa shape index (κ1) is 27.1. The number of aliphatic carboxylic acids is 2. The maximum Gasteiger partial charge on any atom is 0.303 e. The topological polar surface area (TPSA) is 124 Å².